The Kier molecular flexibility index (Phi) is 9.22. The van der Waals surface area contributed by atoms with E-state index in [-0.39, 0.29) is 18.1 Å². The van der Waals surface area contributed by atoms with Gasteiger partial charge in [-0.15, -0.1) is 0 Å². The summed E-state index contributed by atoms with van der Waals surface area (Å²) in [5.41, 5.74) is 4.48. The van der Waals surface area contributed by atoms with Crippen LogP contribution >= 0.6 is 0 Å². The molecule has 0 saturated heterocycles. The third-order valence-corrected chi connectivity index (χ3v) is 4.86. The first-order valence-electron chi connectivity index (χ1n) is 11.1. The quantitative estimate of drug-likeness (QED) is 0.146. The number of unbranched alkanes of at least 4 members (excludes halogenated alkanes) is 1. The molecule has 0 radical (unpaired) electrons. The van der Waals surface area contributed by atoms with E-state index in [2.05, 4.69) is 17.5 Å². The molecule has 7 heteroatoms. The van der Waals surface area contributed by atoms with Crippen LogP contribution in [0.3, 0.4) is 0 Å². The zero-order chi connectivity index (χ0) is 24.2. The normalized spacial score (nSPS) is 10.6. The van der Waals surface area contributed by atoms with E-state index in [1.54, 1.807) is 42.5 Å². The molecule has 3 aromatic carbocycles. The SMILES string of the molecule is CCCCOc1ccc(C(=O)Oc2ccc(/C=N/NC(=O)Cc3ccccc3)cc2OC)cc1. The Morgan fingerprint density at radius 3 is 2.44 bits per heavy atom. The van der Waals surface area contributed by atoms with Crippen molar-refractivity contribution in [2.45, 2.75) is 26.2 Å². The molecule has 176 valence electrons. The van der Waals surface area contributed by atoms with Gasteiger partial charge in [-0.2, -0.15) is 5.10 Å². The van der Waals surface area contributed by atoms with Gasteiger partial charge in [-0.3, -0.25) is 4.79 Å². The van der Waals surface area contributed by atoms with Crippen molar-refractivity contribution in [2.75, 3.05) is 13.7 Å². The van der Waals surface area contributed by atoms with Crippen molar-refractivity contribution in [3.63, 3.8) is 0 Å². The molecule has 0 aliphatic heterocycles. The van der Waals surface area contributed by atoms with Gasteiger partial charge in [-0.1, -0.05) is 43.7 Å². The number of ether oxygens (including phenoxy) is 3. The van der Waals surface area contributed by atoms with Gasteiger partial charge in [0.1, 0.15) is 5.75 Å². The highest BCUT2D eigenvalue weighted by Gasteiger charge is 2.13. The molecule has 7 nitrogen and oxygen atoms in total. The van der Waals surface area contributed by atoms with Gasteiger partial charge in [-0.25, -0.2) is 10.2 Å². The number of amides is 1. The van der Waals surface area contributed by atoms with Gasteiger partial charge in [0.25, 0.3) is 0 Å². The lowest BCUT2D eigenvalue weighted by molar-refractivity contribution is -0.120. The molecule has 0 atom stereocenters. The molecular weight excluding hydrogens is 432 g/mol. The predicted octanol–water partition coefficient (Wildman–Crippen LogP) is 4.79. The summed E-state index contributed by atoms with van der Waals surface area (Å²) in [4.78, 5) is 24.6. The second kappa shape index (κ2) is 12.8. The smallest absolute Gasteiger partial charge is 0.343 e. The summed E-state index contributed by atoms with van der Waals surface area (Å²) in [5.74, 6) is 0.630. The Bertz CT molecular complexity index is 1110. The maximum Gasteiger partial charge on any atom is 0.343 e. The molecule has 0 fully saturated rings. The van der Waals surface area contributed by atoms with Gasteiger partial charge in [0.15, 0.2) is 11.5 Å². The van der Waals surface area contributed by atoms with Crippen LogP contribution in [-0.4, -0.2) is 31.8 Å². The van der Waals surface area contributed by atoms with E-state index < -0.39 is 5.97 Å². The first-order valence-corrected chi connectivity index (χ1v) is 11.1. The molecule has 0 unspecified atom stereocenters. The summed E-state index contributed by atoms with van der Waals surface area (Å²) in [7, 11) is 1.48. The molecule has 0 bridgehead atoms. The first-order chi connectivity index (χ1) is 16.6. The van der Waals surface area contributed by atoms with E-state index >= 15 is 0 Å². The second-order valence-corrected chi connectivity index (χ2v) is 7.48. The van der Waals surface area contributed by atoms with Gasteiger partial charge < -0.3 is 14.2 Å². The van der Waals surface area contributed by atoms with Gasteiger partial charge >= 0.3 is 5.97 Å². The Hall–Kier alpha value is -4.13. The van der Waals surface area contributed by atoms with E-state index in [9.17, 15) is 9.59 Å². The molecule has 0 spiro atoms. The number of nitrogens with zero attached hydrogens (tertiary/aromatic N) is 1. The van der Waals surface area contributed by atoms with E-state index in [0.717, 1.165) is 18.4 Å². The molecule has 34 heavy (non-hydrogen) atoms. The van der Waals surface area contributed by atoms with E-state index in [1.165, 1.54) is 13.3 Å². The van der Waals surface area contributed by atoms with Crippen LogP contribution in [0.4, 0.5) is 0 Å². The fraction of sp³-hybridized carbons (Fsp3) is 0.222. The van der Waals surface area contributed by atoms with Gasteiger partial charge in [0.2, 0.25) is 5.91 Å². The molecule has 0 heterocycles. The molecular formula is C27H28N2O5. The highest BCUT2D eigenvalue weighted by molar-refractivity contribution is 5.92. The number of hydrazone groups is 1. The molecule has 0 aromatic heterocycles. The maximum atomic E-state index is 12.5. The largest absolute Gasteiger partial charge is 0.494 e. The lowest BCUT2D eigenvalue weighted by atomic mass is 10.1. The summed E-state index contributed by atoms with van der Waals surface area (Å²) in [6.45, 7) is 2.74. The van der Waals surface area contributed by atoms with Crippen molar-refractivity contribution in [1.29, 1.82) is 0 Å². The minimum Gasteiger partial charge on any atom is -0.494 e. The van der Waals surface area contributed by atoms with Crippen molar-refractivity contribution in [3.05, 3.63) is 89.5 Å². The van der Waals surface area contributed by atoms with Crippen LogP contribution in [0.1, 0.15) is 41.3 Å². The number of methoxy groups -OCH3 is 1. The van der Waals surface area contributed by atoms with Crippen molar-refractivity contribution in [2.24, 2.45) is 5.10 Å². The third kappa shape index (κ3) is 7.48. The van der Waals surface area contributed by atoms with Crippen LogP contribution in [0.25, 0.3) is 0 Å². The Morgan fingerprint density at radius 2 is 1.74 bits per heavy atom. The van der Waals surface area contributed by atoms with Crippen molar-refractivity contribution >= 4 is 18.1 Å². The molecule has 3 rings (SSSR count). The minimum atomic E-state index is -0.506. The van der Waals surface area contributed by atoms with Crippen LogP contribution in [0.15, 0.2) is 77.9 Å². The zero-order valence-corrected chi connectivity index (χ0v) is 19.3. The van der Waals surface area contributed by atoms with Crippen LogP contribution in [-0.2, 0) is 11.2 Å². The number of hydrogen-bond acceptors (Lipinski definition) is 6. The number of carbonyl (C=O) groups is 2. The number of hydrogen-bond donors (Lipinski definition) is 1. The van der Waals surface area contributed by atoms with Crippen LogP contribution < -0.4 is 19.6 Å². The van der Waals surface area contributed by atoms with Gasteiger partial charge in [-0.05, 0) is 60.0 Å². The molecule has 1 amide bonds. The first kappa shape index (κ1) is 24.5. The third-order valence-electron chi connectivity index (χ3n) is 4.86. The molecule has 0 aliphatic carbocycles. The molecule has 0 aliphatic rings. The topological polar surface area (TPSA) is 86.2 Å². The predicted molar refractivity (Wildman–Crippen MR) is 131 cm³/mol. The Balaban J connectivity index is 1.57. The molecule has 1 N–H and O–H groups in total. The zero-order valence-electron chi connectivity index (χ0n) is 19.3. The lowest BCUT2D eigenvalue weighted by Crippen LogP contribution is -2.19. The summed E-state index contributed by atoms with van der Waals surface area (Å²) < 4.78 is 16.5. The maximum absolute atomic E-state index is 12.5. The number of benzene rings is 3. The van der Waals surface area contributed by atoms with Crippen molar-refractivity contribution in [3.8, 4) is 17.2 Å². The summed E-state index contributed by atoms with van der Waals surface area (Å²) in [6, 6.07) is 21.2. The Labute approximate surface area is 199 Å². The average Bonchev–Trinajstić information content (AvgIpc) is 2.86. The lowest BCUT2D eigenvalue weighted by Gasteiger charge is -2.10. The Morgan fingerprint density at radius 1 is 0.971 bits per heavy atom. The molecule has 0 saturated carbocycles. The van der Waals surface area contributed by atoms with Gasteiger partial charge in [0, 0.05) is 0 Å². The summed E-state index contributed by atoms with van der Waals surface area (Å²) >= 11 is 0. The number of esters is 1. The number of carbonyl (C=O) groups excluding carboxylic acids is 2. The van der Waals surface area contributed by atoms with E-state index in [0.29, 0.717) is 29.2 Å². The van der Waals surface area contributed by atoms with E-state index in [4.69, 9.17) is 14.2 Å². The monoisotopic (exact) mass is 460 g/mol. The summed E-state index contributed by atoms with van der Waals surface area (Å²) in [6.07, 6.45) is 3.76. The standard InChI is InChI=1S/C27H28N2O5/c1-3-4-16-33-23-13-11-22(12-14-23)27(31)34-24-15-10-21(17-25(24)32-2)19-28-29-26(30)18-20-8-6-5-7-9-20/h5-15,17,19H,3-4,16,18H2,1-2H3,(H,29,30)/b28-19+. The van der Waals surface area contributed by atoms with Crippen molar-refractivity contribution in [1.82, 2.24) is 5.43 Å². The average molecular weight is 461 g/mol. The summed E-state index contributed by atoms with van der Waals surface area (Å²) in [5, 5.41) is 3.99. The van der Waals surface area contributed by atoms with E-state index in [1.807, 2.05) is 30.3 Å². The minimum absolute atomic E-state index is 0.221. The van der Waals surface area contributed by atoms with Gasteiger partial charge in [0.05, 0.1) is 31.9 Å². The van der Waals surface area contributed by atoms with Crippen LogP contribution in [0, 0.1) is 0 Å². The molecule has 3 aromatic rings. The fourth-order valence-electron chi connectivity index (χ4n) is 3.03. The highest BCUT2D eigenvalue weighted by Crippen LogP contribution is 2.28. The number of rotatable bonds is 11. The van der Waals surface area contributed by atoms with Crippen LogP contribution in [0.2, 0.25) is 0 Å². The highest BCUT2D eigenvalue weighted by atomic mass is 16.6. The number of nitrogens with one attached hydrogen (secondary N) is 1. The van der Waals surface area contributed by atoms with Crippen molar-refractivity contribution < 1.29 is 23.8 Å². The fourth-order valence-corrected chi connectivity index (χ4v) is 3.03. The van der Waals surface area contributed by atoms with Crippen LogP contribution in [0.5, 0.6) is 17.2 Å². The second-order valence-electron chi connectivity index (χ2n) is 7.48.